The SMILES string of the molecule is CC(=O)NC(CCSC(C)C(=O)NCCC(C)C)C(=O)O. The number of hydrogen-bond acceptors (Lipinski definition) is 4. The summed E-state index contributed by atoms with van der Waals surface area (Å²) in [5, 5.41) is 14.0. The second-order valence-electron chi connectivity index (χ2n) is 5.37. The van der Waals surface area contributed by atoms with Crippen molar-refractivity contribution in [2.75, 3.05) is 12.3 Å². The van der Waals surface area contributed by atoms with Gasteiger partial charge in [-0.1, -0.05) is 13.8 Å². The molecule has 0 spiro atoms. The molecule has 2 atom stereocenters. The average Bonchev–Trinajstić information content (AvgIpc) is 2.36. The van der Waals surface area contributed by atoms with Crippen LogP contribution in [0.1, 0.15) is 40.5 Å². The second-order valence-corrected chi connectivity index (χ2v) is 6.82. The minimum absolute atomic E-state index is 0.0351. The number of rotatable bonds is 10. The Morgan fingerprint density at radius 2 is 1.76 bits per heavy atom. The van der Waals surface area contributed by atoms with Crippen molar-refractivity contribution in [3.8, 4) is 0 Å². The highest BCUT2D eigenvalue weighted by Crippen LogP contribution is 2.13. The van der Waals surface area contributed by atoms with Gasteiger partial charge in [-0.15, -0.1) is 11.8 Å². The molecule has 2 unspecified atom stereocenters. The van der Waals surface area contributed by atoms with E-state index in [1.54, 1.807) is 6.92 Å². The maximum atomic E-state index is 11.8. The first-order valence-electron chi connectivity index (χ1n) is 7.13. The lowest BCUT2D eigenvalue weighted by Gasteiger charge is -2.15. The average molecular weight is 318 g/mol. The molecule has 0 radical (unpaired) electrons. The molecule has 0 aliphatic rings. The Morgan fingerprint density at radius 3 is 2.24 bits per heavy atom. The van der Waals surface area contributed by atoms with Gasteiger partial charge >= 0.3 is 5.97 Å². The predicted molar refractivity (Wildman–Crippen MR) is 84.2 cm³/mol. The first-order chi connectivity index (χ1) is 9.73. The summed E-state index contributed by atoms with van der Waals surface area (Å²) in [6, 6.07) is -0.897. The van der Waals surface area contributed by atoms with Crippen molar-refractivity contribution in [2.45, 2.75) is 51.8 Å². The Labute approximate surface area is 130 Å². The van der Waals surface area contributed by atoms with Crippen LogP contribution in [0.4, 0.5) is 0 Å². The Morgan fingerprint density at radius 1 is 1.14 bits per heavy atom. The van der Waals surface area contributed by atoms with Crippen molar-refractivity contribution in [1.29, 1.82) is 0 Å². The number of carbonyl (C=O) groups excluding carboxylic acids is 2. The zero-order valence-corrected chi connectivity index (χ0v) is 14.0. The van der Waals surface area contributed by atoms with Crippen molar-refractivity contribution < 1.29 is 19.5 Å². The van der Waals surface area contributed by atoms with Gasteiger partial charge in [0.1, 0.15) is 6.04 Å². The van der Waals surface area contributed by atoms with Gasteiger partial charge in [-0.3, -0.25) is 9.59 Å². The minimum Gasteiger partial charge on any atom is -0.480 e. The molecule has 7 heteroatoms. The molecule has 2 amide bonds. The van der Waals surface area contributed by atoms with E-state index in [0.29, 0.717) is 24.6 Å². The smallest absolute Gasteiger partial charge is 0.326 e. The van der Waals surface area contributed by atoms with E-state index in [1.807, 2.05) is 0 Å². The number of aliphatic carboxylic acids is 1. The zero-order chi connectivity index (χ0) is 16.4. The van der Waals surface area contributed by atoms with Crippen LogP contribution in [0.3, 0.4) is 0 Å². The Hall–Kier alpha value is -1.24. The lowest BCUT2D eigenvalue weighted by molar-refractivity contribution is -0.141. The van der Waals surface area contributed by atoms with E-state index >= 15 is 0 Å². The van der Waals surface area contributed by atoms with Crippen LogP contribution in [0.2, 0.25) is 0 Å². The first kappa shape index (κ1) is 19.8. The number of thioether (sulfide) groups is 1. The number of carbonyl (C=O) groups is 3. The second kappa shape index (κ2) is 10.5. The molecule has 0 rings (SSSR count). The lowest BCUT2D eigenvalue weighted by Crippen LogP contribution is -2.40. The fourth-order valence-corrected chi connectivity index (χ4v) is 2.53. The summed E-state index contributed by atoms with van der Waals surface area (Å²) in [5.74, 6) is -0.420. The van der Waals surface area contributed by atoms with Crippen molar-refractivity contribution >= 4 is 29.5 Å². The van der Waals surface area contributed by atoms with Gasteiger partial charge in [0.2, 0.25) is 11.8 Å². The van der Waals surface area contributed by atoms with Gasteiger partial charge in [0.15, 0.2) is 0 Å². The molecular weight excluding hydrogens is 292 g/mol. The number of carboxylic acids is 1. The zero-order valence-electron chi connectivity index (χ0n) is 13.1. The summed E-state index contributed by atoms with van der Waals surface area (Å²) in [5.41, 5.74) is 0. The molecule has 0 heterocycles. The summed E-state index contributed by atoms with van der Waals surface area (Å²) in [7, 11) is 0. The maximum Gasteiger partial charge on any atom is 0.326 e. The molecule has 21 heavy (non-hydrogen) atoms. The van der Waals surface area contributed by atoms with E-state index < -0.39 is 12.0 Å². The summed E-state index contributed by atoms with van der Waals surface area (Å²) in [6.07, 6.45) is 1.23. The van der Waals surface area contributed by atoms with Crippen molar-refractivity contribution in [2.24, 2.45) is 5.92 Å². The molecule has 0 saturated carbocycles. The number of carboxylic acid groups (broad SMARTS) is 1. The topological polar surface area (TPSA) is 95.5 Å². The Bertz CT molecular complexity index is 361. The lowest BCUT2D eigenvalue weighted by atomic mass is 10.1. The third kappa shape index (κ3) is 10.2. The molecule has 0 aliphatic carbocycles. The van der Waals surface area contributed by atoms with E-state index in [1.165, 1.54) is 18.7 Å². The monoisotopic (exact) mass is 318 g/mol. The summed E-state index contributed by atoms with van der Waals surface area (Å²) in [6.45, 7) is 7.93. The maximum absolute atomic E-state index is 11.8. The highest BCUT2D eigenvalue weighted by molar-refractivity contribution is 8.00. The third-order valence-corrected chi connectivity index (χ3v) is 4.03. The van der Waals surface area contributed by atoms with E-state index in [0.717, 1.165) is 6.42 Å². The molecule has 6 nitrogen and oxygen atoms in total. The largest absolute Gasteiger partial charge is 0.480 e. The van der Waals surface area contributed by atoms with Crippen molar-refractivity contribution in [1.82, 2.24) is 10.6 Å². The minimum atomic E-state index is -1.06. The number of nitrogens with one attached hydrogen (secondary N) is 2. The van der Waals surface area contributed by atoms with Crippen LogP contribution in [-0.4, -0.2) is 46.5 Å². The molecule has 3 N–H and O–H groups in total. The van der Waals surface area contributed by atoms with Crippen molar-refractivity contribution in [3.63, 3.8) is 0 Å². The van der Waals surface area contributed by atoms with E-state index in [9.17, 15) is 14.4 Å². The summed E-state index contributed by atoms with van der Waals surface area (Å²) >= 11 is 1.39. The van der Waals surface area contributed by atoms with Crippen LogP contribution in [0.15, 0.2) is 0 Å². The van der Waals surface area contributed by atoms with Crippen LogP contribution >= 0.6 is 11.8 Å². The summed E-state index contributed by atoms with van der Waals surface area (Å²) in [4.78, 5) is 33.6. The Balaban J connectivity index is 3.99. The Kier molecular flexibility index (Phi) is 9.86. The predicted octanol–water partition coefficient (Wildman–Crippen LogP) is 1.25. The third-order valence-electron chi connectivity index (χ3n) is 2.84. The van der Waals surface area contributed by atoms with Gasteiger partial charge in [-0.25, -0.2) is 4.79 Å². The van der Waals surface area contributed by atoms with Gasteiger partial charge in [0, 0.05) is 13.5 Å². The van der Waals surface area contributed by atoms with Crippen LogP contribution in [0.5, 0.6) is 0 Å². The highest BCUT2D eigenvalue weighted by Gasteiger charge is 2.19. The van der Waals surface area contributed by atoms with E-state index in [2.05, 4.69) is 24.5 Å². The van der Waals surface area contributed by atoms with E-state index in [4.69, 9.17) is 5.11 Å². The fraction of sp³-hybridized carbons (Fsp3) is 0.786. The van der Waals surface area contributed by atoms with Gasteiger partial charge < -0.3 is 15.7 Å². The molecule has 122 valence electrons. The molecule has 0 aliphatic heterocycles. The molecule has 0 aromatic rings. The van der Waals surface area contributed by atoms with Gasteiger partial charge in [0.05, 0.1) is 5.25 Å². The van der Waals surface area contributed by atoms with Crippen LogP contribution < -0.4 is 10.6 Å². The normalized spacial score (nSPS) is 13.6. The molecule has 0 bridgehead atoms. The molecule has 0 saturated heterocycles. The van der Waals surface area contributed by atoms with E-state index in [-0.39, 0.29) is 17.1 Å². The van der Waals surface area contributed by atoms with Gasteiger partial charge in [-0.2, -0.15) is 0 Å². The van der Waals surface area contributed by atoms with Crippen LogP contribution in [0, 0.1) is 5.92 Å². The number of amides is 2. The van der Waals surface area contributed by atoms with Crippen LogP contribution in [-0.2, 0) is 14.4 Å². The summed E-state index contributed by atoms with van der Waals surface area (Å²) < 4.78 is 0. The van der Waals surface area contributed by atoms with Crippen LogP contribution in [0.25, 0.3) is 0 Å². The number of hydrogen-bond donors (Lipinski definition) is 3. The molecule has 0 aromatic heterocycles. The van der Waals surface area contributed by atoms with Gasteiger partial charge in [0.25, 0.3) is 0 Å². The molecule has 0 aromatic carbocycles. The highest BCUT2D eigenvalue weighted by atomic mass is 32.2. The molecular formula is C14H26N2O4S. The first-order valence-corrected chi connectivity index (χ1v) is 8.18. The quantitative estimate of drug-likeness (QED) is 0.563. The van der Waals surface area contributed by atoms with Crippen molar-refractivity contribution in [3.05, 3.63) is 0 Å². The molecule has 0 fully saturated rings. The fourth-order valence-electron chi connectivity index (χ4n) is 1.57. The standard InChI is InChI=1S/C14H26N2O4S/c1-9(2)5-7-15-13(18)10(3)21-8-6-12(14(19)20)16-11(4)17/h9-10,12H,5-8H2,1-4H3,(H,15,18)(H,16,17)(H,19,20). The van der Waals surface area contributed by atoms with Gasteiger partial charge in [-0.05, 0) is 31.4 Å².